The molecule has 0 aromatic heterocycles. The average Bonchev–Trinajstić information content (AvgIpc) is 2.34. The van der Waals surface area contributed by atoms with E-state index in [1.165, 1.54) is 0 Å². The van der Waals surface area contributed by atoms with E-state index in [0.717, 1.165) is 32.4 Å². The summed E-state index contributed by atoms with van der Waals surface area (Å²) in [4.78, 5) is 24.5. The van der Waals surface area contributed by atoms with Gasteiger partial charge in [0, 0.05) is 25.7 Å². The van der Waals surface area contributed by atoms with Crippen LogP contribution in [0.1, 0.15) is 39.5 Å². The van der Waals surface area contributed by atoms with Gasteiger partial charge < -0.3 is 20.1 Å². The van der Waals surface area contributed by atoms with Gasteiger partial charge in [0.05, 0.1) is 13.0 Å². The van der Waals surface area contributed by atoms with Crippen LogP contribution in [0.15, 0.2) is 0 Å². The zero-order chi connectivity index (χ0) is 15.2. The van der Waals surface area contributed by atoms with Crippen molar-refractivity contribution in [1.29, 1.82) is 0 Å². The van der Waals surface area contributed by atoms with Crippen LogP contribution in [0.2, 0.25) is 0 Å². The molecule has 0 aliphatic carbocycles. The van der Waals surface area contributed by atoms with Gasteiger partial charge in [-0.15, -0.1) is 0 Å². The lowest BCUT2D eigenvalue weighted by atomic mass is 9.84. The number of amides is 2. The first kappa shape index (κ1) is 16.8. The van der Waals surface area contributed by atoms with Crippen LogP contribution in [0.25, 0.3) is 0 Å². The molecule has 6 nitrogen and oxygen atoms in total. The number of hydrogen-bond donors (Lipinski definition) is 2. The molecule has 0 aromatic carbocycles. The predicted octanol–water partition coefficient (Wildman–Crippen LogP) is 1.70. The molecule has 1 rings (SSSR count). The van der Waals surface area contributed by atoms with Gasteiger partial charge in [-0.3, -0.25) is 4.79 Å². The molecular weight excluding hydrogens is 260 g/mol. The van der Waals surface area contributed by atoms with Gasteiger partial charge in [0.15, 0.2) is 0 Å². The Hall–Kier alpha value is -1.30. The number of likely N-dealkylation sites (tertiary alicyclic amines) is 1. The van der Waals surface area contributed by atoms with Gasteiger partial charge in [0.2, 0.25) is 5.91 Å². The molecule has 1 heterocycles. The third kappa shape index (κ3) is 5.77. The second kappa shape index (κ2) is 7.47. The number of carbonyl (C=O) groups excluding carboxylic acids is 1. The van der Waals surface area contributed by atoms with Gasteiger partial charge in [0.1, 0.15) is 0 Å². The first-order valence-corrected chi connectivity index (χ1v) is 7.12. The number of nitrogens with one attached hydrogen (secondary N) is 1. The maximum atomic E-state index is 11.9. The number of rotatable bonds is 6. The molecule has 0 saturated carbocycles. The molecule has 1 aliphatic heterocycles. The number of methoxy groups -OCH3 is 1. The van der Waals surface area contributed by atoms with Crippen LogP contribution in [-0.2, 0) is 9.53 Å². The van der Waals surface area contributed by atoms with E-state index in [1.54, 1.807) is 7.11 Å². The molecule has 1 aliphatic rings. The summed E-state index contributed by atoms with van der Waals surface area (Å²) in [5, 5.41) is 11.3. The summed E-state index contributed by atoms with van der Waals surface area (Å²) in [6.45, 7) is 5.79. The molecule has 0 aromatic rings. The molecule has 0 radical (unpaired) electrons. The second-order valence-corrected chi connectivity index (χ2v) is 6.09. The average molecular weight is 286 g/mol. The van der Waals surface area contributed by atoms with E-state index in [0.29, 0.717) is 18.9 Å². The largest absolute Gasteiger partial charge is 0.465 e. The Bertz CT molecular complexity index is 336. The molecule has 1 saturated heterocycles. The molecule has 2 amide bonds. The van der Waals surface area contributed by atoms with Crippen molar-refractivity contribution in [3.8, 4) is 0 Å². The van der Waals surface area contributed by atoms with Gasteiger partial charge in [-0.25, -0.2) is 4.79 Å². The van der Waals surface area contributed by atoms with E-state index in [2.05, 4.69) is 5.32 Å². The fourth-order valence-corrected chi connectivity index (χ4v) is 2.80. The van der Waals surface area contributed by atoms with Crippen molar-refractivity contribution in [2.75, 3.05) is 26.8 Å². The van der Waals surface area contributed by atoms with Crippen molar-refractivity contribution >= 4 is 12.0 Å². The molecule has 20 heavy (non-hydrogen) atoms. The first-order valence-electron chi connectivity index (χ1n) is 7.12. The number of piperidine rings is 1. The van der Waals surface area contributed by atoms with E-state index in [4.69, 9.17) is 9.84 Å². The first-order chi connectivity index (χ1) is 9.34. The second-order valence-electron chi connectivity index (χ2n) is 6.09. The minimum Gasteiger partial charge on any atom is -0.465 e. The van der Waals surface area contributed by atoms with Crippen molar-refractivity contribution in [2.24, 2.45) is 5.92 Å². The van der Waals surface area contributed by atoms with Crippen molar-refractivity contribution in [3.63, 3.8) is 0 Å². The summed E-state index contributed by atoms with van der Waals surface area (Å²) in [6, 6.07) is 0. The molecule has 116 valence electrons. The molecule has 6 heteroatoms. The van der Waals surface area contributed by atoms with Crippen LogP contribution in [-0.4, -0.2) is 54.4 Å². The molecular formula is C14H26N2O4. The maximum Gasteiger partial charge on any atom is 0.405 e. The van der Waals surface area contributed by atoms with Crippen molar-refractivity contribution < 1.29 is 19.4 Å². The molecule has 0 bridgehead atoms. The van der Waals surface area contributed by atoms with Crippen molar-refractivity contribution in [3.05, 3.63) is 0 Å². The van der Waals surface area contributed by atoms with Gasteiger partial charge >= 0.3 is 6.09 Å². The highest BCUT2D eigenvalue weighted by molar-refractivity contribution is 5.76. The summed E-state index contributed by atoms with van der Waals surface area (Å²) in [6.07, 6.45) is 2.13. The van der Waals surface area contributed by atoms with Gasteiger partial charge in [-0.1, -0.05) is 0 Å². The lowest BCUT2D eigenvalue weighted by molar-refractivity contribution is -0.133. The minimum absolute atomic E-state index is 0.147. The summed E-state index contributed by atoms with van der Waals surface area (Å²) < 4.78 is 4.92. The molecule has 0 atom stereocenters. The summed E-state index contributed by atoms with van der Waals surface area (Å²) in [7, 11) is 1.59. The molecule has 0 spiro atoms. The third-order valence-electron chi connectivity index (χ3n) is 3.73. The number of carboxylic acid groups (broad SMARTS) is 1. The number of hydrogen-bond acceptors (Lipinski definition) is 3. The Labute approximate surface area is 120 Å². The number of nitrogens with zero attached hydrogens (tertiary/aromatic N) is 1. The predicted molar refractivity (Wildman–Crippen MR) is 75.7 cm³/mol. The normalized spacial score (nSPS) is 17.1. The van der Waals surface area contributed by atoms with Crippen LogP contribution in [0.3, 0.4) is 0 Å². The van der Waals surface area contributed by atoms with Crippen LogP contribution in [0.5, 0.6) is 0 Å². The van der Waals surface area contributed by atoms with Crippen molar-refractivity contribution in [1.82, 2.24) is 10.2 Å². The highest BCUT2D eigenvalue weighted by Gasteiger charge is 2.29. The highest BCUT2D eigenvalue weighted by Crippen LogP contribution is 2.26. The standard InChI is InChI=1S/C14H26N2O4/c1-14(2,15-13(18)19)10-11-4-7-16(8-5-11)12(17)6-9-20-3/h11,15H,4-10H2,1-3H3,(H,18,19). The fourth-order valence-electron chi connectivity index (χ4n) is 2.80. The van der Waals surface area contributed by atoms with E-state index in [9.17, 15) is 9.59 Å². The zero-order valence-corrected chi connectivity index (χ0v) is 12.6. The van der Waals surface area contributed by atoms with E-state index >= 15 is 0 Å². The van der Waals surface area contributed by atoms with E-state index < -0.39 is 11.6 Å². The van der Waals surface area contributed by atoms with Gasteiger partial charge in [-0.05, 0) is 39.0 Å². The summed E-state index contributed by atoms with van der Waals surface area (Å²) >= 11 is 0. The smallest absolute Gasteiger partial charge is 0.405 e. The molecule has 0 unspecified atom stereocenters. The summed E-state index contributed by atoms with van der Waals surface area (Å²) in [5.74, 6) is 0.608. The fraction of sp³-hybridized carbons (Fsp3) is 0.857. The Morgan fingerprint density at radius 3 is 2.45 bits per heavy atom. The van der Waals surface area contributed by atoms with E-state index in [1.807, 2.05) is 18.7 Å². The maximum absolute atomic E-state index is 11.9. The minimum atomic E-state index is -0.984. The highest BCUT2D eigenvalue weighted by atomic mass is 16.5. The lowest BCUT2D eigenvalue weighted by Crippen LogP contribution is -2.46. The lowest BCUT2D eigenvalue weighted by Gasteiger charge is -2.36. The number of ether oxygens (including phenoxy) is 1. The quantitative estimate of drug-likeness (QED) is 0.779. The monoisotopic (exact) mass is 286 g/mol. The van der Waals surface area contributed by atoms with Crippen LogP contribution < -0.4 is 5.32 Å². The van der Waals surface area contributed by atoms with E-state index in [-0.39, 0.29) is 5.91 Å². The van der Waals surface area contributed by atoms with Crippen LogP contribution >= 0.6 is 0 Å². The molecule has 2 N–H and O–H groups in total. The van der Waals surface area contributed by atoms with Gasteiger partial charge in [-0.2, -0.15) is 0 Å². The Morgan fingerprint density at radius 1 is 1.35 bits per heavy atom. The third-order valence-corrected chi connectivity index (χ3v) is 3.73. The topological polar surface area (TPSA) is 78.9 Å². The Kier molecular flexibility index (Phi) is 6.26. The zero-order valence-electron chi connectivity index (χ0n) is 12.6. The van der Waals surface area contributed by atoms with Crippen LogP contribution in [0.4, 0.5) is 4.79 Å². The molecule has 1 fully saturated rings. The SMILES string of the molecule is COCCC(=O)N1CCC(CC(C)(C)NC(=O)O)CC1. The Balaban J connectivity index is 2.35. The Morgan fingerprint density at radius 2 is 1.95 bits per heavy atom. The van der Waals surface area contributed by atoms with Crippen molar-refractivity contribution in [2.45, 2.75) is 45.1 Å². The summed E-state index contributed by atoms with van der Waals surface area (Å²) in [5.41, 5.74) is -0.418. The number of carbonyl (C=O) groups is 2. The van der Waals surface area contributed by atoms with Gasteiger partial charge in [0.25, 0.3) is 0 Å². The van der Waals surface area contributed by atoms with Crippen LogP contribution in [0, 0.1) is 5.92 Å².